The lowest BCUT2D eigenvalue weighted by Gasteiger charge is -2.36. The van der Waals surface area contributed by atoms with Gasteiger partial charge in [-0.2, -0.15) is 0 Å². The maximum atomic E-state index is 12.6. The van der Waals surface area contributed by atoms with Gasteiger partial charge >= 0.3 is 0 Å². The number of aryl methyl sites for hydroxylation is 1. The first-order valence-electron chi connectivity index (χ1n) is 10.2. The highest BCUT2D eigenvalue weighted by molar-refractivity contribution is 5.80. The summed E-state index contributed by atoms with van der Waals surface area (Å²) >= 11 is 0. The number of nitrogens with zero attached hydrogens (tertiary/aromatic N) is 3. The van der Waals surface area contributed by atoms with Crippen LogP contribution in [-0.4, -0.2) is 99.8 Å². The van der Waals surface area contributed by atoms with E-state index in [4.69, 9.17) is 14.2 Å². The summed E-state index contributed by atoms with van der Waals surface area (Å²) in [5.41, 5.74) is 0.958. The first-order chi connectivity index (χ1) is 14.1. The third kappa shape index (κ3) is 5.61. The van der Waals surface area contributed by atoms with Crippen molar-refractivity contribution in [2.45, 2.75) is 12.8 Å². The summed E-state index contributed by atoms with van der Waals surface area (Å²) in [5, 5.41) is 0. The topological polar surface area (TPSA) is 71.6 Å². The molecule has 2 amide bonds. The number of para-hydroxylation sites is 1. The molecule has 0 saturated carbocycles. The summed E-state index contributed by atoms with van der Waals surface area (Å²) < 4.78 is 16.1. The molecule has 2 saturated heterocycles. The molecule has 0 spiro atoms. The lowest BCUT2D eigenvalue weighted by molar-refractivity contribution is -0.140. The number of hydrogen-bond donors (Lipinski definition) is 0. The quantitative estimate of drug-likeness (QED) is 0.663. The normalized spacial score (nSPS) is 17.9. The Kier molecular flexibility index (Phi) is 7.71. The molecule has 1 aromatic rings. The van der Waals surface area contributed by atoms with Crippen molar-refractivity contribution in [1.82, 2.24) is 14.7 Å². The van der Waals surface area contributed by atoms with E-state index in [-0.39, 0.29) is 11.8 Å². The van der Waals surface area contributed by atoms with Crippen molar-refractivity contribution in [1.29, 1.82) is 0 Å². The van der Waals surface area contributed by atoms with Gasteiger partial charge in [0, 0.05) is 45.7 Å². The Balaban J connectivity index is 1.45. The van der Waals surface area contributed by atoms with Gasteiger partial charge in [-0.05, 0) is 18.1 Å². The molecule has 2 heterocycles. The number of rotatable bonds is 7. The van der Waals surface area contributed by atoms with Gasteiger partial charge in [0.25, 0.3) is 0 Å². The largest absolute Gasteiger partial charge is 0.493 e. The van der Waals surface area contributed by atoms with Crippen LogP contribution < -0.4 is 9.47 Å². The number of morpholine rings is 1. The molecule has 0 aliphatic carbocycles. The Morgan fingerprint density at radius 2 is 1.59 bits per heavy atom. The summed E-state index contributed by atoms with van der Waals surface area (Å²) in [6.45, 7) is 5.78. The zero-order valence-electron chi connectivity index (χ0n) is 17.4. The van der Waals surface area contributed by atoms with E-state index in [1.54, 1.807) is 14.2 Å². The van der Waals surface area contributed by atoms with Gasteiger partial charge in [0.2, 0.25) is 11.8 Å². The zero-order chi connectivity index (χ0) is 20.6. The van der Waals surface area contributed by atoms with Crippen molar-refractivity contribution >= 4 is 11.8 Å². The van der Waals surface area contributed by atoms with E-state index >= 15 is 0 Å². The van der Waals surface area contributed by atoms with Gasteiger partial charge in [-0.25, -0.2) is 0 Å². The van der Waals surface area contributed by atoms with Gasteiger partial charge in [0.05, 0.1) is 34.0 Å². The first kappa shape index (κ1) is 21.4. The van der Waals surface area contributed by atoms with Crippen LogP contribution in [0.2, 0.25) is 0 Å². The van der Waals surface area contributed by atoms with Crippen LogP contribution in [-0.2, 0) is 20.7 Å². The number of hydrogen-bond acceptors (Lipinski definition) is 6. The molecule has 2 aliphatic heterocycles. The summed E-state index contributed by atoms with van der Waals surface area (Å²) in [5.74, 6) is 1.60. The molecule has 0 radical (unpaired) electrons. The summed E-state index contributed by atoms with van der Waals surface area (Å²) in [6, 6.07) is 5.70. The maximum Gasteiger partial charge on any atom is 0.236 e. The predicted molar refractivity (Wildman–Crippen MR) is 108 cm³/mol. The highest BCUT2D eigenvalue weighted by atomic mass is 16.5. The van der Waals surface area contributed by atoms with E-state index in [2.05, 4.69) is 4.90 Å². The van der Waals surface area contributed by atoms with Crippen LogP contribution in [0, 0.1) is 0 Å². The third-order valence-corrected chi connectivity index (χ3v) is 5.54. The number of ether oxygens (including phenoxy) is 3. The summed E-state index contributed by atoms with van der Waals surface area (Å²) in [6.07, 6.45) is 1.00. The average molecular weight is 405 g/mol. The number of piperazine rings is 1. The van der Waals surface area contributed by atoms with Crippen molar-refractivity contribution in [3.8, 4) is 11.5 Å². The molecule has 2 fully saturated rings. The number of carbonyl (C=O) groups excluding carboxylic acids is 2. The minimum Gasteiger partial charge on any atom is -0.493 e. The Morgan fingerprint density at radius 3 is 2.21 bits per heavy atom. The summed E-state index contributed by atoms with van der Waals surface area (Å²) in [7, 11) is 3.21. The fourth-order valence-corrected chi connectivity index (χ4v) is 3.81. The Bertz CT molecular complexity index is 698. The SMILES string of the molecule is COc1cccc(CCC(=O)N2CCN(C(=O)CN3CCOCC3)CC2)c1OC. The molecule has 2 aliphatic rings. The number of benzene rings is 1. The van der Waals surface area contributed by atoms with E-state index in [1.165, 1.54) is 0 Å². The molecule has 29 heavy (non-hydrogen) atoms. The van der Waals surface area contributed by atoms with E-state index in [9.17, 15) is 9.59 Å². The Labute approximate surface area is 172 Å². The molecular weight excluding hydrogens is 374 g/mol. The lowest BCUT2D eigenvalue weighted by atomic mass is 10.1. The fourth-order valence-electron chi connectivity index (χ4n) is 3.81. The average Bonchev–Trinajstić information content (AvgIpc) is 2.77. The molecule has 3 rings (SSSR count). The molecule has 0 aromatic heterocycles. The van der Waals surface area contributed by atoms with Crippen LogP contribution in [0.3, 0.4) is 0 Å². The standard InChI is InChI=1S/C21H31N3O5/c1-27-18-5-3-4-17(21(18)28-2)6-7-19(25)23-8-10-24(11-9-23)20(26)16-22-12-14-29-15-13-22/h3-5H,6-16H2,1-2H3. The predicted octanol–water partition coefficient (Wildman–Crippen LogP) is 0.639. The fraction of sp³-hybridized carbons (Fsp3) is 0.619. The van der Waals surface area contributed by atoms with E-state index < -0.39 is 0 Å². The van der Waals surface area contributed by atoms with Crippen molar-refractivity contribution < 1.29 is 23.8 Å². The molecule has 0 atom stereocenters. The molecule has 1 aromatic carbocycles. The van der Waals surface area contributed by atoms with Crippen LogP contribution in [0.15, 0.2) is 18.2 Å². The number of methoxy groups -OCH3 is 2. The van der Waals surface area contributed by atoms with E-state index in [0.717, 1.165) is 18.7 Å². The van der Waals surface area contributed by atoms with Crippen LogP contribution >= 0.6 is 0 Å². The minimum atomic E-state index is 0.107. The maximum absolute atomic E-state index is 12.6. The molecule has 8 nitrogen and oxygen atoms in total. The molecule has 0 unspecified atom stereocenters. The summed E-state index contributed by atoms with van der Waals surface area (Å²) in [4.78, 5) is 31.0. The highest BCUT2D eigenvalue weighted by Crippen LogP contribution is 2.31. The Morgan fingerprint density at radius 1 is 0.931 bits per heavy atom. The molecule has 160 valence electrons. The smallest absolute Gasteiger partial charge is 0.236 e. The number of carbonyl (C=O) groups is 2. The first-order valence-corrected chi connectivity index (χ1v) is 10.2. The monoisotopic (exact) mass is 405 g/mol. The second-order valence-electron chi connectivity index (χ2n) is 7.30. The van der Waals surface area contributed by atoms with Gasteiger partial charge in [-0.15, -0.1) is 0 Å². The van der Waals surface area contributed by atoms with Crippen LogP contribution in [0.1, 0.15) is 12.0 Å². The van der Waals surface area contributed by atoms with E-state index in [0.29, 0.717) is 70.3 Å². The van der Waals surface area contributed by atoms with Crippen LogP contribution in [0.25, 0.3) is 0 Å². The second-order valence-corrected chi connectivity index (χ2v) is 7.30. The van der Waals surface area contributed by atoms with Gasteiger partial charge in [0.15, 0.2) is 11.5 Å². The van der Waals surface area contributed by atoms with Crippen molar-refractivity contribution in [2.24, 2.45) is 0 Å². The molecule has 0 bridgehead atoms. The molecule has 0 N–H and O–H groups in total. The minimum absolute atomic E-state index is 0.107. The van der Waals surface area contributed by atoms with Gasteiger partial charge in [-0.1, -0.05) is 12.1 Å². The van der Waals surface area contributed by atoms with Crippen molar-refractivity contribution in [3.05, 3.63) is 23.8 Å². The molecular formula is C21H31N3O5. The van der Waals surface area contributed by atoms with E-state index in [1.807, 2.05) is 28.0 Å². The van der Waals surface area contributed by atoms with Gasteiger partial charge < -0.3 is 24.0 Å². The third-order valence-electron chi connectivity index (χ3n) is 5.54. The van der Waals surface area contributed by atoms with Crippen LogP contribution in [0.5, 0.6) is 11.5 Å². The molecule has 8 heteroatoms. The van der Waals surface area contributed by atoms with Gasteiger partial charge in [0.1, 0.15) is 0 Å². The van der Waals surface area contributed by atoms with Crippen molar-refractivity contribution in [2.75, 3.05) is 73.2 Å². The second kappa shape index (κ2) is 10.5. The van der Waals surface area contributed by atoms with Crippen LogP contribution in [0.4, 0.5) is 0 Å². The highest BCUT2D eigenvalue weighted by Gasteiger charge is 2.25. The lowest BCUT2D eigenvalue weighted by Crippen LogP contribution is -2.53. The Hall–Kier alpha value is -2.32. The van der Waals surface area contributed by atoms with Crippen molar-refractivity contribution in [3.63, 3.8) is 0 Å². The number of amides is 2. The zero-order valence-corrected chi connectivity index (χ0v) is 17.4. The van der Waals surface area contributed by atoms with Gasteiger partial charge in [-0.3, -0.25) is 14.5 Å².